The van der Waals surface area contributed by atoms with Crippen LogP contribution in [0.3, 0.4) is 0 Å². The molecule has 0 saturated heterocycles. The van der Waals surface area contributed by atoms with Gasteiger partial charge in [-0.1, -0.05) is 26.0 Å². The van der Waals surface area contributed by atoms with Gasteiger partial charge in [0.25, 0.3) is 0 Å². The molecule has 0 spiro atoms. The third-order valence-corrected chi connectivity index (χ3v) is 3.90. The second-order valence-corrected chi connectivity index (χ2v) is 6.14. The van der Waals surface area contributed by atoms with Crippen molar-refractivity contribution in [2.75, 3.05) is 19.6 Å². The summed E-state index contributed by atoms with van der Waals surface area (Å²) in [6.45, 7) is 7.91. The van der Waals surface area contributed by atoms with E-state index >= 15 is 0 Å². The minimum Gasteiger partial charge on any atom is -0.480 e. The molecule has 0 radical (unpaired) electrons. The number of hydrogen-bond donors (Lipinski definition) is 2. The highest BCUT2D eigenvalue weighted by atomic mass is 32.1. The third-order valence-electron chi connectivity index (χ3n) is 2.95. The van der Waals surface area contributed by atoms with Crippen molar-refractivity contribution >= 4 is 23.2 Å². The van der Waals surface area contributed by atoms with E-state index in [1.807, 2.05) is 31.4 Å². The van der Waals surface area contributed by atoms with Gasteiger partial charge in [-0.2, -0.15) is 0 Å². The number of aliphatic carboxylic acids is 1. The Labute approximate surface area is 129 Å². The molecular weight excluding hydrogens is 288 g/mol. The van der Waals surface area contributed by atoms with Gasteiger partial charge in [-0.15, -0.1) is 17.9 Å². The zero-order valence-corrected chi connectivity index (χ0v) is 13.2. The van der Waals surface area contributed by atoms with Crippen molar-refractivity contribution in [3.63, 3.8) is 0 Å². The number of carboxylic acid groups (broad SMARTS) is 1. The first-order valence-electron chi connectivity index (χ1n) is 6.81. The van der Waals surface area contributed by atoms with Crippen LogP contribution in [0.2, 0.25) is 0 Å². The van der Waals surface area contributed by atoms with E-state index in [4.69, 9.17) is 5.11 Å². The van der Waals surface area contributed by atoms with Crippen LogP contribution in [0.25, 0.3) is 0 Å². The summed E-state index contributed by atoms with van der Waals surface area (Å²) in [5.41, 5.74) is 0. The van der Waals surface area contributed by atoms with Crippen LogP contribution in [0.4, 0.5) is 0 Å². The van der Waals surface area contributed by atoms with Crippen LogP contribution in [0.5, 0.6) is 0 Å². The molecule has 0 aliphatic rings. The zero-order valence-electron chi connectivity index (χ0n) is 12.4. The summed E-state index contributed by atoms with van der Waals surface area (Å²) in [7, 11) is 0. The van der Waals surface area contributed by atoms with Crippen LogP contribution in [0.15, 0.2) is 30.2 Å². The second-order valence-electron chi connectivity index (χ2n) is 5.16. The van der Waals surface area contributed by atoms with Crippen LogP contribution >= 0.6 is 11.3 Å². The summed E-state index contributed by atoms with van der Waals surface area (Å²) in [4.78, 5) is 25.6. The Morgan fingerprint density at radius 2 is 2.19 bits per heavy atom. The molecular formula is C15H22N2O3S. The minimum absolute atomic E-state index is 0.0482. The molecule has 1 unspecified atom stereocenters. The van der Waals surface area contributed by atoms with Gasteiger partial charge >= 0.3 is 5.97 Å². The smallest absolute Gasteiger partial charge is 0.317 e. The number of hydrogen-bond acceptors (Lipinski definition) is 4. The largest absolute Gasteiger partial charge is 0.480 e. The number of carbonyl (C=O) groups is 2. The highest BCUT2D eigenvalue weighted by Crippen LogP contribution is 2.25. The molecule has 1 atom stereocenters. The third kappa shape index (κ3) is 6.10. The molecule has 0 bridgehead atoms. The molecule has 0 fully saturated rings. The lowest BCUT2D eigenvalue weighted by molar-refractivity contribution is -0.138. The Hall–Kier alpha value is -1.66. The van der Waals surface area contributed by atoms with Gasteiger partial charge in [-0.3, -0.25) is 14.5 Å². The van der Waals surface area contributed by atoms with Gasteiger partial charge in [-0.25, -0.2) is 0 Å². The Bertz CT molecular complexity index is 471. The highest BCUT2D eigenvalue weighted by Gasteiger charge is 2.21. The number of carboxylic acids is 1. The molecule has 6 heteroatoms. The molecule has 116 valence electrons. The highest BCUT2D eigenvalue weighted by molar-refractivity contribution is 7.10. The van der Waals surface area contributed by atoms with Crippen LogP contribution in [-0.2, 0) is 9.59 Å². The van der Waals surface area contributed by atoms with Crippen LogP contribution < -0.4 is 5.32 Å². The van der Waals surface area contributed by atoms with E-state index in [9.17, 15) is 9.59 Å². The van der Waals surface area contributed by atoms with Gasteiger partial charge in [0, 0.05) is 11.4 Å². The van der Waals surface area contributed by atoms with Crippen molar-refractivity contribution in [3.8, 4) is 0 Å². The zero-order chi connectivity index (χ0) is 15.8. The van der Waals surface area contributed by atoms with Crippen molar-refractivity contribution in [1.29, 1.82) is 0 Å². The number of carbonyl (C=O) groups excluding carboxylic acids is 1. The normalized spacial score (nSPS) is 12.4. The first kappa shape index (κ1) is 17.4. The first-order chi connectivity index (χ1) is 9.93. The predicted molar refractivity (Wildman–Crippen MR) is 84.3 cm³/mol. The molecule has 5 nitrogen and oxygen atoms in total. The lowest BCUT2D eigenvalue weighted by atomic mass is 10.0. The standard InChI is InChI=1S/C15H22N2O3S/c1-4-7-17(10-14(19)20)9-13(18)16-15(11(2)3)12-6-5-8-21-12/h4-6,8,11,15H,1,7,9-10H2,2-3H3,(H,16,18)(H,19,20). The fraction of sp³-hybridized carbons (Fsp3) is 0.467. The quantitative estimate of drug-likeness (QED) is 0.686. The SMILES string of the molecule is C=CCN(CC(=O)O)CC(=O)NC(c1cccs1)C(C)C. The molecule has 0 aliphatic carbocycles. The van der Waals surface area contributed by atoms with Gasteiger partial charge in [0.15, 0.2) is 0 Å². The molecule has 1 amide bonds. The molecule has 1 rings (SSSR count). The first-order valence-corrected chi connectivity index (χ1v) is 7.69. The van der Waals surface area contributed by atoms with Crippen LogP contribution in [-0.4, -0.2) is 41.5 Å². The second kappa shape index (κ2) is 8.59. The number of nitrogens with zero attached hydrogens (tertiary/aromatic N) is 1. The van der Waals surface area contributed by atoms with Gasteiger partial charge in [-0.05, 0) is 17.4 Å². The van der Waals surface area contributed by atoms with Crippen molar-refractivity contribution < 1.29 is 14.7 Å². The van der Waals surface area contributed by atoms with E-state index in [0.717, 1.165) is 4.88 Å². The lowest BCUT2D eigenvalue weighted by Crippen LogP contribution is -2.42. The summed E-state index contributed by atoms with van der Waals surface area (Å²) in [6, 6.07) is 3.90. The molecule has 1 aromatic rings. The minimum atomic E-state index is -0.955. The lowest BCUT2D eigenvalue weighted by Gasteiger charge is -2.24. The Balaban J connectivity index is 2.64. The van der Waals surface area contributed by atoms with Gasteiger partial charge < -0.3 is 10.4 Å². The number of amides is 1. The number of rotatable bonds is 9. The van der Waals surface area contributed by atoms with E-state index in [1.165, 1.54) is 4.90 Å². The Morgan fingerprint density at radius 3 is 2.67 bits per heavy atom. The number of thiophene rings is 1. The molecule has 1 heterocycles. The Kier molecular flexibility index (Phi) is 7.11. The van der Waals surface area contributed by atoms with Gasteiger partial charge in [0.2, 0.25) is 5.91 Å². The van der Waals surface area contributed by atoms with Crippen molar-refractivity contribution in [2.24, 2.45) is 5.92 Å². The maximum absolute atomic E-state index is 12.1. The Morgan fingerprint density at radius 1 is 1.48 bits per heavy atom. The molecule has 0 aliphatic heterocycles. The van der Waals surface area contributed by atoms with E-state index in [1.54, 1.807) is 17.4 Å². The molecule has 2 N–H and O–H groups in total. The predicted octanol–water partition coefficient (Wildman–Crippen LogP) is 2.13. The van der Waals surface area contributed by atoms with E-state index in [2.05, 4.69) is 11.9 Å². The molecule has 0 aromatic carbocycles. The van der Waals surface area contributed by atoms with Crippen molar-refractivity contribution in [1.82, 2.24) is 10.2 Å². The summed E-state index contributed by atoms with van der Waals surface area (Å²) in [6.07, 6.45) is 1.59. The topological polar surface area (TPSA) is 69.6 Å². The average Bonchev–Trinajstić information content (AvgIpc) is 2.88. The fourth-order valence-electron chi connectivity index (χ4n) is 2.02. The van der Waals surface area contributed by atoms with Crippen LogP contribution in [0, 0.1) is 5.92 Å². The van der Waals surface area contributed by atoms with E-state index in [0.29, 0.717) is 6.54 Å². The maximum atomic E-state index is 12.1. The van der Waals surface area contributed by atoms with E-state index in [-0.39, 0.29) is 31.0 Å². The maximum Gasteiger partial charge on any atom is 0.317 e. The van der Waals surface area contributed by atoms with E-state index < -0.39 is 5.97 Å². The molecule has 21 heavy (non-hydrogen) atoms. The number of nitrogens with one attached hydrogen (secondary N) is 1. The van der Waals surface area contributed by atoms with Crippen molar-refractivity contribution in [3.05, 3.63) is 35.0 Å². The summed E-state index contributed by atoms with van der Waals surface area (Å²) in [5.74, 6) is -0.867. The van der Waals surface area contributed by atoms with Crippen LogP contribution in [0.1, 0.15) is 24.8 Å². The fourth-order valence-corrected chi connectivity index (χ4v) is 2.96. The summed E-state index contributed by atoms with van der Waals surface area (Å²) >= 11 is 1.60. The van der Waals surface area contributed by atoms with Gasteiger partial charge in [0.1, 0.15) is 0 Å². The van der Waals surface area contributed by atoms with Crippen molar-refractivity contribution in [2.45, 2.75) is 19.9 Å². The molecule has 0 saturated carbocycles. The monoisotopic (exact) mass is 310 g/mol. The average molecular weight is 310 g/mol. The molecule has 1 aromatic heterocycles. The van der Waals surface area contributed by atoms with Gasteiger partial charge in [0.05, 0.1) is 19.1 Å². The summed E-state index contributed by atoms with van der Waals surface area (Å²) in [5, 5.41) is 13.8. The summed E-state index contributed by atoms with van der Waals surface area (Å²) < 4.78 is 0.